The summed E-state index contributed by atoms with van der Waals surface area (Å²) in [5, 5.41) is 13.7. The minimum absolute atomic E-state index is 0.283. The van der Waals surface area contributed by atoms with E-state index >= 15 is 0 Å². The molecule has 1 aromatic rings. The summed E-state index contributed by atoms with van der Waals surface area (Å²) in [5.74, 6) is 1.19. The second kappa shape index (κ2) is 6.27. The van der Waals surface area contributed by atoms with Crippen molar-refractivity contribution in [2.45, 2.75) is 38.6 Å². The summed E-state index contributed by atoms with van der Waals surface area (Å²) in [4.78, 5) is 0. The molecule has 0 atom stereocenters. The fourth-order valence-corrected chi connectivity index (χ4v) is 2.78. The number of nitrogens with one attached hydrogen (secondary N) is 1. The quantitative estimate of drug-likeness (QED) is 0.784. The van der Waals surface area contributed by atoms with Gasteiger partial charge in [0.25, 0.3) is 0 Å². The molecule has 0 spiro atoms. The molecule has 0 heterocycles. The minimum atomic E-state index is 0.283. The zero-order valence-electron chi connectivity index (χ0n) is 10.1. The molecule has 0 bridgehead atoms. The van der Waals surface area contributed by atoms with Crippen LogP contribution in [-0.2, 0) is 6.54 Å². The fraction of sp³-hybridized carbons (Fsp3) is 0.571. The van der Waals surface area contributed by atoms with Crippen molar-refractivity contribution >= 4 is 11.6 Å². The summed E-state index contributed by atoms with van der Waals surface area (Å²) in [6, 6.07) is 5.26. The van der Waals surface area contributed by atoms with Crippen LogP contribution in [0.2, 0.25) is 5.02 Å². The standard InChI is InChI=1S/C14H20ClNO/c15-13-6-3-7-14(17)12(13)10-16-9-8-11-4-1-2-5-11/h3,6-7,11,16-17H,1-2,4-5,8-10H2. The molecule has 0 unspecified atom stereocenters. The maximum Gasteiger partial charge on any atom is 0.121 e. The number of phenolic OH excluding ortho intramolecular Hbond substituents is 1. The van der Waals surface area contributed by atoms with Crippen LogP contribution < -0.4 is 5.32 Å². The first kappa shape index (κ1) is 12.7. The predicted octanol–water partition coefficient (Wildman–Crippen LogP) is 3.72. The molecule has 1 aromatic carbocycles. The lowest BCUT2D eigenvalue weighted by Crippen LogP contribution is -2.17. The maximum absolute atomic E-state index is 9.68. The van der Waals surface area contributed by atoms with Crippen molar-refractivity contribution < 1.29 is 5.11 Å². The third-order valence-electron chi connectivity index (χ3n) is 3.60. The number of rotatable bonds is 5. The van der Waals surface area contributed by atoms with Gasteiger partial charge in [-0.25, -0.2) is 0 Å². The number of benzene rings is 1. The van der Waals surface area contributed by atoms with Crippen LogP contribution in [0.25, 0.3) is 0 Å². The van der Waals surface area contributed by atoms with E-state index in [1.54, 1.807) is 12.1 Å². The third-order valence-corrected chi connectivity index (χ3v) is 3.95. The zero-order valence-corrected chi connectivity index (χ0v) is 10.8. The van der Waals surface area contributed by atoms with Crippen LogP contribution in [0.1, 0.15) is 37.7 Å². The van der Waals surface area contributed by atoms with Gasteiger partial charge in [-0.05, 0) is 31.0 Å². The van der Waals surface area contributed by atoms with E-state index in [0.717, 1.165) is 18.0 Å². The highest BCUT2D eigenvalue weighted by Gasteiger charge is 2.14. The summed E-state index contributed by atoms with van der Waals surface area (Å²) >= 11 is 6.04. The van der Waals surface area contributed by atoms with Crippen molar-refractivity contribution in [3.8, 4) is 5.75 Å². The first-order chi connectivity index (χ1) is 8.27. The van der Waals surface area contributed by atoms with E-state index in [0.29, 0.717) is 11.6 Å². The summed E-state index contributed by atoms with van der Waals surface area (Å²) in [5.41, 5.74) is 0.806. The van der Waals surface area contributed by atoms with Crippen LogP contribution >= 0.6 is 11.6 Å². The van der Waals surface area contributed by atoms with Crippen LogP contribution in [0.4, 0.5) is 0 Å². The molecule has 0 radical (unpaired) electrons. The Hall–Kier alpha value is -0.730. The predicted molar refractivity (Wildman–Crippen MR) is 71.4 cm³/mol. The number of hydrogen-bond donors (Lipinski definition) is 2. The average Bonchev–Trinajstić information content (AvgIpc) is 2.80. The van der Waals surface area contributed by atoms with Gasteiger partial charge >= 0.3 is 0 Å². The van der Waals surface area contributed by atoms with Gasteiger partial charge in [0.2, 0.25) is 0 Å². The van der Waals surface area contributed by atoms with Gasteiger partial charge in [-0.3, -0.25) is 0 Å². The molecule has 2 rings (SSSR count). The molecule has 0 saturated heterocycles. The van der Waals surface area contributed by atoms with Crippen molar-refractivity contribution in [1.29, 1.82) is 0 Å². The Balaban J connectivity index is 1.74. The first-order valence-corrected chi connectivity index (χ1v) is 6.82. The van der Waals surface area contributed by atoms with Crippen LogP contribution in [0.15, 0.2) is 18.2 Å². The molecule has 0 amide bonds. The van der Waals surface area contributed by atoms with Crippen LogP contribution in [0, 0.1) is 5.92 Å². The number of hydrogen-bond acceptors (Lipinski definition) is 2. The molecule has 1 saturated carbocycles. The van der Waals surface area contributed by atoms with Gasteiger partial charge in [0, 0.05) is 17.1 Å². The van der Waals surface area contributed by atoms with Crippen LogP contribution in [0.3, 0.4) is 0 Å². The average molecular weight is 254 g/mol. The van der Waals surface area contributed by atoms with Gasteiger partial charge in [0.1, 0.15) is 5.75 Å². The molecular formula is C14H20ClNO. The summed E-state index contributed by atoms with van der Waals surface area (Å²) in [6.07, 6.45) is 6.81. The Morgan fingerprint density at radius 3 is 2.76 bits per heavy atom. The van der Waals surface area contributed by atoms with E-state index < -0.39 is 0 Å². The molecule has 0 aliphatic heterocycles. The van der Waals surface area contributed by atoms with Crippen LogP contribution in [-0.4, -0.2) is 11.7 Å². The highest BCUT2D eigenvalue weighted by Crippen LogP contribution is 2.27. The molecule has 1 aliphatic rings. The van der Waals surface area contributed by atoms with Crippen molar-refractivity contribution in [2.75, 3.05) is 6.54 Å². The lowest BCUT2D eigenvalue weighted by Gasteiger charge is -2.11. The van der Waals surface area contributed by atoms with Gasteiger partial charge in [-0.1, -0.05) is 43.4 Å². The second-order valence-electron chi connectivity index (χ2n) is 4.85. The van der Waals surface area contributed by atoms with E-state index in [1.165, 1.54) is 32.1 Å². The Bertz CT molecular complexity index is 341. The lowest BCUT2D eigenvalue weighted by molar-refractivity contribution is 0.455. The zero-order chi connectivity index (χ0) is 12.1. The van der Waals surface area contributed by atoms with Crippen LogP contribution in [0.5, 0.6) is 5.75 Å². The van der Waals surface area contributed by atoms with Crippen molar-refractivity contribution in [1.82, 2.24) is 5.32 Å². The fourth-order valence-electron chi connectivity index (χ4n) is 2.54. The highest BCUT2D eigenvalue weighted by atomic mass is 35.5. The minimum Gasteiger partial charge on any atom is -0.508 e. The number of halogens is 1. The number of phenols is 1. The van der Waals surface area contributed by atoms with E-state index in [9.17, 15) is 5.11 Å². The molecule has 0 aromatic heterocycles. The normalized spacial score (nSPS) is 16.5. The largest absolute Gasteiger partial charge is 0.508 e. The Labute approximate surface area is 108 Å². The van der Waals surface area contributed by atoms with Gasteiger partial charge < -0.3 is 10.4 Å². The molecule has 94 valence electrons. The third kappa shape index (κ3) is 3.62. The highest BCUT2D eigenvalue weighted by molar-refractivity contribution is 6.31. The molecule has 2 N–H and O–H groups in total. The van der Waals surface area contributed by atoms with Gasteiger partial charge in [0.05, 0.1) is 0 Å². The van der Waals surface area contributed by atoms with Gasteiger partial charge in [0.15, 0.2) is 0 Å². The van der Waals surface area contributed by atoms with E-state index in [4.69, 9.17) is 11.6 Å². The SMILES string of the molecule is Oc1cccc(Cl)c1CNCCC1CCCC1. The smallest absolute Gasteiger partial charge is 0.121 e. The molecule has 2 nitrogen and oxygen atoms in total. The first-order valence-electron chi connectivity index (χ1n) is 6.44. The molecular weight excluding hydrogens is 234 g/mol. The lowest BCUT2D eigenvalue weighted by atomic mass is 10.0. The topological polar surface area (TPSA) is 32.3 Å². The van der Waals surface area contributed by atoms with E-state index in [1.807, 2.05) is 6.07 Å². The Morgan fingerprint density at radius 1 is 1.29 bits per heavy atom. The molecule has 3 heteroatoms. The van der Waals surface area contributed by atoms with Gasteiger partial charge in [-0.15, -0.1) is 0 Å². The molecule has 17 heavy (non-hydrogen) atoms. The summed E-state index contributed by atoms with van der Waals surface area (Å²) in [7, 11) is 0. The maximum atomic E-state index is 9.68. The van der Waals surface area contributed by atoms with Gasteiger partial charge in [-0.2, -0.15) is 0 Å². The number of aromatic hydroxyl groups is 1. The van der Waals surface area contributed by atoms with E-state index in [-0.39, 0.29) is 5.75 Å². The van der Waals surface area contributed by atoms with Crippen molar-refractivity contribution in [2.24, 2.45) is 5.92 Å². The van der Waals surface area contributed by atoms with Crippen molar-refractivity contribution in [3.63, 3.8) is 0 Å². The van der Waals surface area contributed by atoms with Crippen molar-refractivity contribution in [3.05, 3.63) is 28.8 Å². The Kier molecular flexibility index (Phi) is 4.69. The molecule has 1 aliphatic carbocycles. The second-order valence-corrected chi connectivity index (χ2v) is 5.26. The molecule has 1 fully saturated rings. The van der Waals surface area contributed by atoms with E-state index in [2.05, 4.69) is 5.32 Å². The monoisotopic (exact) mass is 253 g/mol. The summed E-state index contributed by atoms with van der Waals surface area (Å²) < 4.78 is 0. The summed E-state index contributed by atoms with van der Waals surface area (Å²) in [6.45, 7) is 1.66. The Morgan fingerprint density at radius 2 is 2.06 bits per heavy atom.